The quantitative estimate of drug-likeness (QED) is 0.873. The highest BCUT2D eigenvalue weighted by Crippen LogP contribution is 2.37. The van der Waals surface area contributed by atoms with Gasteiger partial charge in [0, 0.05) is 10.7 Å². The first-order chi connectivity index (χ1) is 9.69. The summed E-state index contributed by atoms with van der Waals surface area (Å²) in [7, 11) is 0. The van der Waals surface area contributed by atoms with Crippen molar-refractivity contribution in [2.24, 2.45) is 0 Å². The van der Waals surface area contributed by atoms with E-state index in [1.54, 1.807) is 24.3 Å². The van der Waals surface area contributed by atoms with Crippen LogP contribution in [0, 0.1) is 11.3 Å². The molecule has 0 radical (unpaired) electrons. The molecule has 4 nitrogen and oxygen atoms in total. The average molecular weight is 284 g/mol. The van der Waals surface area contributed by atoms with E-state index in [0.29, 0.717) is 16.3 Å². The number of rotatable bonds is 1. The number of benzene rings is 2. The lowest BCUT2D eigenvalue weighted by Crippen LogP contribution is -2.35. The van der Waals surface area contributed by atoms with Crippen LogP contribution in [-0.4, -0.2) is 12.5 Å². The Morgan fingerprint density at radius 1 is 1.20 bits per heavy atom. The number of para-hydroxylation sites is 1. The Kier molecular flexibility index (Phi) is 3.05. The summed E-state index contributed by atoms with van der Waals surface area (Å²) in [6.45, 7) is 0.212. The van der Waals surface area contributed by atoms with E-state index in [2.05, 4.69) is 11.4 Å². The topological polar surface area (TPSA) is 56.1 Å². The van der Waals surface area contributed by atoms with Crippen molar-refractivity contribution in [3.8, 4) is 6.07 Å². The first-order valence-corrected chi connectivity index (χ1v) is 6.43. The van der Waals surface area contributed by atoms with Gasteiger partial charge >= 0.3 is 0 Å². The van der Waals surface area contributed by atoms with Crippen molar-refractivity contribution in [2.75, 3.05) is 16.8 Å². The molecule has 0 saturated heterocycles. The molecule has 20 heavy (non-hydrogen) atoms. The molecule has 1 aliphatic heterocycles. The van der Waals surface area contributed by atoms with Gasteiger partial charge in [-0.05, 0) is 36.4 Å². The van der Waals surface area contributed by atoms with Crippen molar-refractivity contribution >= 4 is 34.6 Å². The van der Waals surface area contributed by atoms with Crippen molar-refractivity contribution in [3.05, 3.63) is 53.1 Å². The van der Waals surface area contributed by atoms with Crippen LogP contribution in [0.15, 0.2) is 42.5 Å². The SMILES string of the molecule is N#Cc1cccc2c1NC(=O)CN2c1ccc(Cl)cc1. The molecule has 0 atom stereocenters. The lowest BCUT2D eigenvalue weighted by molar-refractivity contribution is -0.115. The van der Waals surface area contributed by atoms with E-state index in [4.69, 9.17) is 16.9 Å². The molecule has 0 saturated carbocycles. The zero-order chi connectivity index (χ0) is 14.1. The Hall–Kier alpha value is -2.51. The van der Waals surface area contributed by atoms with Gasteiger partial charge in [-0.1, -0.05) is 17.7 Å². The number of nitrogens with one attached hydrogen (secondary N) is 1. The fraction of sp³-hybridized carbons (Fsp3) is 0.0667. The third kappa shape index (κ3) is 2.09. The lowest BCUT2D eigenvalue weighted by atomic mass is 10.1. The largest absolute Gasteiger partial charge is 0.330 e. The van der Waals surface area contributed by atoms with Gasteiger partial charge in [-0.15, -0.1) is 0 Å². The van der Waals surface area contributed by atoms with Crippen molar-refractivity contribution in [2.45, 2.75) is 0 Å². The second-order valence-electron chi connectivity index (χ2n) is 4.42. The van der Waals surface area contributed by atoms with E-state index in [9.17, 15) is 4.79 Å². The minimum absolute atomic E-state index is 0.143. The van der Waals surface area contributed by atoms with Crippen molar-refractivity contribution in [1.82, 2.24) is 0 Å². The molecule has 1 heterocycles. The Bertz CT molecular complexity index is 719. The van der Waals surface area contributed by atoms with Crippen LogP contribution in [0.25, 0.3) is 0 Å². The van der Waals surface area contributed by atoms with Crippen LogP contribution in [0.2, 0.25) is 5.02 Å². The number of nitrogens with zero attached hydrogens (tertiary/aromatic N) is 2. The molecule has 0 aromatic heterocycles. The standard InChI is InChI=1S/C15H10ClN3O/c16-11-4-6-12(7-5-11)19-9-14(20)18-15-10(8-17)2-1-3-13(15)19/h1-7H,9H2,(H,18,20). The Morgan fingerprint density at radius 2 is 1.95 bits per heavy atom. The summed E-state index contributed by atoms with van der Waals surface area (Å²) in [6, 6.07) is 14.7. The zero-order valence-electron chi connectivity index (χ0n) is 10.4. The van der Waals surface area contributed by atoms with Gasteiger partial charge in [0.15, 0.2) is 0 Å². The summed E-state index contributed by atoms with van der Waals surface area (Å²) in [6.07, 6.45) is 0. The first-order valence-electron chi connectivity index (χ1n) is 6.05. The predicted octanol–water partition coefficient (Wildman–Crippen LogP) is 3.30. The molecule has 5 heteroatoms. The average Bonchev–Trinajstić information content (AvgIpc) is 2.46. The first kappa shape index (κ1) is 12.5. The highest BCUT2D eigenvalue weighted by Gasteiger charge is 2.25. The Morgan fingerprint density at radius 3 is 2.65 bits per heavy atom. The van der Waals surface area contributed by atoms with Gasteiger partial charge in [0.25, 0.3) is 0 Å². The lowest BCUT2D eigenvalue weighted by Gasteiger charge is -2.31. The maximum absolute atomic E-state index is 11.9. The van der Waals surface area contributed by atoms with Crippen molar-refractivity contribution in [1.29, 1.82) is 5.26 Å². The fourth-order valence-electron chi connectivity index (χ4n) is 2.25. The number of halogens is 1. The minimum Gasteiger partial charge on any atom is -0.330 e. The molecule has 2 aromatic carbocycles. The molecular weight excluding hydrogens is 274 g/mol. The van der Waals surface area contributed by atoms with Gasteiger partial charge in [-0.2, -0.15) is 5.26 Å². The van der Waals surface area contributed by atoms with Crippen LogP contribution in [0.4, 0.5) is 17.1 Å². The molecule has 0 bridgehead atoms. The van der Waals surface area contributed by atoms with Crippen molar-refractivity contribution < 1.29 is 4.79 Å². The van der Waals surface area contributed by atoms with E-state index in [1.165, 1.54) is 0 Å². The number of fused-ring (bicyclic) bond motifs is 1. The van der Waals surface area contributed by atoms with Crippen molar-refractivity contribution in [3.63, 3.8) is 0 Å². The number of anilines is 3. The number of nitriles is 1. The molecule has 0 aliphatic carbocycles. The number of amides is 1. The second kappa shape index (κ2) is 4.87. The molecular formula is C15H10ClN3O. The fourth-order valence-corrected chi connectivity index (χ4v) is 2.37. The molecule has 2 aromatic rings. The Balaban J connectivity index is 2.13. The number of carbonyl (C=O) groups excluding carboxylic acids is 1. The van der Waals surface area contributed by atoms with E-state index in [0.717, 1.165) is 11.4 Å². The third-order valence-corrected chi connectivity index (χ3v) is 3.41. The molecule has 1 N–H and O–H groups in total. The number of carbonyl (C=O) groups is 1. The number of hydrogen-bond donors (Lipinski definition) is 1. The van der Waals surface area contributed by atoms with Gasteiger partial charge in [-0.3, -0.25) is 4.79 Å². The van der Waals surface area contributed by atoms with Gasteiger partial charge in [0.1, 0.15) is 12.6 Å². The van der Waals surface area contributed by atoms with E-state index in [-0.39, 0.29) is 12.5 Å². The smallest absolute Gasteiger partial charge is 0.244 e. The maximum Gasteiger partial charge on any atom is 0.244 e. The monoisotopic (exact) mass is 283 g/mol. The summed E-state index contributed by atoms with van der Waals surface area (Å²) < 4.78 is 0. The minimum atomic E-state index is -0.143. The van der Waals surface area contributed by atoms with Gasteiger partial charge < -0.3 is 10.2 Å². The summed E-state index contributed by atoms with van der Waals surface area (Å²) in [5.41, 5.74) is 2.68. The van der Waals surface area contributed by atoms with Gasteiger partial charge in [0.05, 0.1) is 16.9 Å². The van der Waals surface area contributed by atoms with Crippen LogP contribution in [0.3, 0.4) is 0 Å². The molecule has 1 amide bonds. The molecule has 0 fully saturated rings. The highest BCUT2D eigenvalue weighted by molar-refractivity contribution is 6.30. The van der Waals surface area contributed by atoms with E-state index < -0.39 is 0 Å². The van der Waals surface area contributed by atoms with E-state index >= 15 is 0 Å². The van der Waals surface area contributed by atoms with E-state index in [1.807, 2.05) is 23.1 Å². The van der Waals surface area contributed by atoms with Gasteiger partial charge in [0.2, 0.25) is 5.91 Å². The summed E-state index contributed by atoms with van der Waals surface area (Å²) in [5.74, 6) is -0.143. The molecule has 0 spiro atoms. The van der Waals surface area contributed by atoms with Crippen LogP contribution >= 0.6 is 11.6 Å². The maximum atomic E-state index is 11.9. The normalized spacial score (nSPS) is 13.4. The summed E-state index contributed by atoms with van der Waals surface area (Å²) in [4.78, 5) is 13.7. The highest BCUT2D eigenvalue weighted by atomic mass is 35.5. The second-order valence-corrected chi connectivity index (χ2v) is 4.86. The zero-order valence-corrected chi connectivity index (χ0v) is 11.2. The summed E-state index contributed by atoms with van der Waals surface area (Å²) in [5, 5.41) is 12.5. The van der Waals surface area contributed by atoms with Crippen LogP contribution in [0.5, 0.6) is 0 Å². The molecule has 98 valence electrons. The van der Waals surface area contributed by atoms with Crippen LogP contribution in [-0.2, 0) is 4.79 Å². The Labute approximate surface area is 121 Å². The summed E-state index contributed by atoms with van der Waals surface area (Å²) >= 11 is 5.89. The van der Waals surface area contributed by atoms with Gasteiger partial charge in [-0.25, -0.2) is 0 Å². The number of hydrogen-bond acceptors (Lipinski definition) is 3. The third-order valence-electron chi connectivity index (χ3n) is 3.16. The molecule has 1 aliphatic rings. The predicted molar refractivity (Wildman–Crippen MR) is 78.2 cm³/mol. The molecule has 3 rings (SSSR count). The molecule has 0 unspecified atom stereocenters. The van der Waals surface area contributed by atoms with Crippen LogP contribution < -0.4 is 10.2 Å². The van der Waals surface area contributed by atoms with Crippen LogP contribution in [0.1, 0.15) is 5.56 Å².